The standard InChI is InChI=1S/C8H9ClO/c1-4-5-6(7(9)10)8(5,2)3/h1,5-6H,2-3H3/t5-,6+/m1/s1. The zero-order valence-electron chi connectivity index (χ0n) is 6.02. The molecule has 0 aromatic carbocycles. The summed E-state index contributed by atoms with van der Waals surface area (Å²) in [4.78, 5) is 10.7. The summed E-state index contributed by atoms with van der Waals surface area (Å²) < 4.78 is 0. The van der Waals surface area contributed by atoms with Gasteiger partial charge >= 0.3 is 0 Å². The molecule has 0 aromatic rings. The van der Waals surface area contributed by atoms with Gasteiger partial charge in [0.1, 0.15) is 0 Å². The molecule has 0 unspecified atom stereocenters. The van der Waals surface area contributed by atoms with E-state index in [9.17, 15) is 4.79 Å². The van der Waals surface area contributed by atoms with Gasteiger partial charge in [-0.05, 0) is 17.0 Å². The lowest BCUT2D eigenvalue weighted by Gasteiger charge is -1.94. The normalized spacial score (nSPS) is 34.6. The van der Waals surface area contributed by atoms with Crippen molar-refractivity contribution in [1.82, 2.24) is 0 Å². The number of hydrogen-bond donors (Lipinski definition) is 0. The lowest BCUT2D eigenvalue weighted by atomic mass is 10.1. The number of carbonyl (C=O) groups is 1. The van der Waals surface area contributed by atoms with E-state index in [1.807, 2.05) is 13.8 Å². The number of hydrogen-bond acceptors (Lipinski definition) is 1. The highest BCUT2D eigenvalue weighted by atomic mass is 35.5. The zero-order chi connectivity index (χ0) is 7.94. The first-order valence-corrected chi connectivity index (χ1v) is 3.55. The molecular formula is C8H9ClO. The Bertz CT molecular complexity index is 212. The van der Waals surface area contributed by atoms with Crippen LogP contribution in [0.25, 0.3) is 0 Å². The fraction of sp³-hybridized carbons (Fsp3) is 0.625. The second-order valence-electron chi connectivity index (χ2n) is 3.25. The minimum absolute atomic E-state index is 0.0532. The minimum Gasteiger partial charge on any atom is -0.281 e. The van der Waals surface area contributed by atoms with Crippen molar-refractivity contribution in [1.29, 1.82) is 0 Å². The third-order valence-corrected chi connectivity index (χ3v) is 2.49. The summed E-state index contributed by atoms with van der Waals surface area (Å²) in [7, 11) is 0. The van der Waals surface area contributed by atoms with Crippen LogP contribution in [0.3, 0.4) is 0 Å². The minimum atomic E-state index is -0.298. The van der Waals surface area contributed by atoms with E-state index in [0.29, 0.717) is 0 Å². The van der Waals surface area contributed by atoms with Crippen LogP contribution in [-0.2, 0) is 4.79 Å². The highest BCUT2D eigenvalue weighted by molar-refractivity contribution is 6.64. The maximum atomic E-state index is 10.7. The van der Waals surface area contributed by atoms with E-state index in [0.717, 1.165) is 0 Å². The molecule has 0 aromatic heterocycles. The van der Waals surface area contributed by atoms with Gasteiger partial charge in [-0.1, -0.05) is 13.8 Å². The first kappa shape index (κ1) is 7.63. The van der Waals surface area contributed by atoms with E-state index in [4.69, 9.17) is 18.0 Å². The number of terminal acetylenes is 1. The van der Waals surface area contributed by atoms with Gasteiger partial charge in [0.05, 0.1) is 5.92 Å². The van der Waals surface area contributed by atoms with Crippen molar-refractivity contribution in [3.05, 3.63) is 0 Å². The van der Waals surface area contributed by atoms with Crippen LogP contribution < -0.4 is 0 Å². The monoisotopic (exact) mass is 156 g/mol. The van der Waals surface area contributed by atoms with E-state index < -0.39 is 0 Å². The molecule has 0 radical (unpaired) electrons. The van der Waals surface area contributed by atoms with E-state index in [-0.39, 0.29) is 22.5 Å². The summed E-state index contributed by atoms with van der Waals surface area (Å²) in [6, 6.07) is 0. The van der Waals surface area contributed by atoms with Crippen LogP contribution in [0.4, 0.5) is 0 Å². The number of rotatable bonds is 1. The van der Waals surface area contributed by atoms with Crippen LogP contribution in [0.2, 0.25) is 0 Å². The predicted octanol–water partition coefficient (Wildman–Crippen LogP) is 1.66. The lowest BCUT2D eigenvalue weighted by Crippen LogP contribution is -1.96. The summed E-state index contributed by atoms with van der Waals surface area (Å²) in [5, 5.41) is -0.298. The zero-order valence-corrected chi connectivity index (χ0v) is 6.77. The van der Waals surface area contributed by atoms with Gasteiger partial charge in [0.25, 0.3) is 0 Å². The third-order valence-electron chi connectivity index (χ3n) is 2.25. The van der Waals surface area contributed by atoms with Crippen LogP contribution in [0.5, 0.6) is 0 Å². The Morgan fingerprint density at radius 3 is 2.30 bits per heavy atom. The molecule has 1 aliphatic rings. The van der Waals surface area contributed by atoms with Gasteiger partial charge in [-0.3, -0.25) is 4.79 Å². The molecule has 0 N–H and O–H groups in total. The van der Waals surface area contributed by atoms with E-state index in [1.54, 1.807) is 0 Å². The summed E-state index contributed by atoms with van der Waals surface area (Å²) in [6.45, 7) is 3.92. The topological polar surface area (TPSA) is 17.1 Å². The van der Waals surface area contributed by atoms with Gasteiger partial charge in [0.2, 0.25) is 5.24 Å². The van der Waals surface area contributed by atoms with Crippen LogP contribution in [0.1, 0.15) is 13.8 Å². The molecule has 0 aliphatic heterocycles. The molecule has 2 atom stereocenters. The highest BCUT2D eigenvalue weighted by Gasteiger charge is 2.60. The molecule has 54 valence electrons. The van der Waals surface area contributed by atoms with Gasteiger partial charge in [-0.2, -0.15) is 0 Å². The molecule has 10 heavy (non-hydrogen) atoms. The van der Waals surface area contributed by atoms with Crippen molar-refractivity contribution in [2.75, 3.05) is 0 Å². The maximum Gasteiger partial charge on any atom is 0.226 e. The van der Waals surface area contributed by atoms with Crippen molar-refractivity contribution >= 4 is 16.8 Å². The van der Waals surface area contributed by atoms with Crippen LogP contribution >= 0.6 is 11.6 Å². The van der Waals surface area contributed by atoms with Crippen molar-refractivity contribution in [3.63, 3.8) is 0 Å². The van der Waals surface area contributed by atoms with Crippen LogP contribution in [-0.4, -0.2) is 5.24 Å². The van der Waals surface area contributed by atoms with Gasteiger partial charge < -0.3 is 0 Å². The number of halogens is 1. The highest BCUT2D eigenvalue weighted by Crippen LogP contribution is 2.58. The molecular weight excluding hydrogens is 148 g/mol. The van der Waals surface area contributed by atoms with Gasteiger partial charge in [-0.25, -0.2) is 0 Å². The molecule has 2 heteroatoms. The van der Waals surface area contributed by atoms with E-state index in [1.165, 1.54) is 0 Å². The van der Waals surface area contributed by atoms with Crippen molar-refractivity contribution in [3.8, 4) is 12.3 Å². The lowest BCUT2D eigenvalue weighted by molar-refractivity contribution is -0.113. The van der Waals surface area contributed by atoms with Gasteiger partial charge in [-0.15, -0.1) is 12.3 Å². The molecule has 1 aliphatic carbocycles. The SMILES string of the molecule is C#C[C@@H]1[C@@H](C(=O)Cl)C1(C)C. The summed E-state index contributed by atoms with van der Waals surface area (Å²) in [6.07, 6.45) is 5.18. The Labute approximate surface area is 65.8 Å². The molecule has 1 rings (SSSR count). The van der Waals surface area contributed by atoms with E-state index in [2.05, 4.69) is 5.92 Å². The second kappa shape index (κ2) is 2.00. The van der Waals surface area contributed by atoms with Crippen molar-refractivity contribution in [2.45, 2.75) is 13.8 Å². The van der Waals surface area contributed by atoms with Crippen LogP contribution in [0, 0.1) is 29.6 Å². The smallest absolute Gasteiger partial charge is 0.226 e. The van der Waals surface area contributed by atoms with Crippen molar-refractivity contribution < 1.29 is 4.79 Å². The molecule has 0 spiro atoms. The van der Waals surface area contributed by atoms with Gasteiger partial charge in [0.15, 0.2) is 0 Å². The van der Waals surface area contributed by atoms with Crippen LogP contribution in [0.15, 0.2) is 0 Å². The van der Waals surface area contributed by atoms with E-state index >= 15 is 0 Å². The molecule has 1 nitrogen and oxygen atoms in total. The summed E-state index contributed by atoms with van der Waals surface area (Å²) >= 11 is 5.30. The maximum absolute atomic E-state index is 10.7. The predicted molar refractivity (Wildman–Crippen MR) is 40.5 cm³/mol. The molecule has 0 saturated heterocycles. The fourth-order valence-corrected chi connectivity index (χ4v) is 1.78. The molecule has 1 saturated carbocycles. The van der Waals surface area contributed by atoms with Crippen molar-refractivity contribution in [2.24, 2.45) is 17.3 Å². The Morgan fingerprint density at radius 2 is 2.20 bits per heavy atom. The second-order valence-corrected chi connectivity index (χ2v) is 3.62. The average Bonchev–Trinajstić information content (AvgIpc) is 2.33. The van der Waals surface area contributed by atoms with Gasteiger partial charge in [0, 0.05) is 5.92 Å². The molecule has 0 bridgehead atoms. The first-order valence-electron chi connectivity index (χ1n) is 3.17. The first-order chi connectivity index (χ1) is 4.51. The Morgan fingerprint density at radius 1 is 1.70 bits per heavy atom. The molecule has 1 fully saturated rings. The summed E-state index contributed by atoms with van der Waals surface area (Å²) in [5.74, 6) is 2.50. The average molecular weight is 157 g/mol. The summed E-state index contributed by atoms with van der Waals surface area (Å²) in [5.41, 5.74) is -0.0619. The Hall–Kier alpha value is -0.480. The largest absolute Gasteiger partial charge is 0.281 e. The quantitative estimate of drug-likeness (QED) is 0.417. The Kier molecular flexibility index (Phi) is 1.53. The number of carbonyl (C=O) groups excluding carboxylic acids is 1. The molecule has 0 heterocycles. The Balaban J connectivity index is 2.73. The fourth-order valence-electron chi connectivity index (χ4n) is 1.37. The third kappa shape index (κ3) is 0.839. The molecule has 0 amide bonds.